The summed E-state index contributed by atoms with van der Waals surface area (Å²) in [5.41, 5.74) is 0.0620. The highest BCUT2D eigenvalue weighted by Crippen LogP contribution is 2.36. The van der Waals surface area contributed by atoms with Crippen LogP contribution < -0.4 is 0 Å². The Morgan fingerprint density at radius 2 is 2.20 bits per heavy atom. The molecule has 0 saturated carbocycles. The first-order valence-electron chi connectivity index (χ1n) is 6.98. The predicted octanol–water partition coefficient (Wildman–Crippen LogP) is 2.56. The molecule has 1 aromatic rings. The topological polar surface area (TPSA) is 70.8 Å². The van der Waals surface area contributed by atoms with Crippen LogP contribution in [0.15, 0.2) is 16.7 Å². The molecule has 1 saturated heterocycles. The molecule has 110 valence electrons. The van der Waals surface area contributed by atoms with E-state index >= 15 is 0 Å². The Bertz CT molecular complexity index is 518. The lowest BCUT2D eigenvalue weighted by Gasteiger charge is -2.43. The first kappa shape index (κ1) is 14.6. The first-order valence-corrected chi connectivity index (χ1v) is 6.98. The molecule has 2 rings (SSSR count). The number of carboxylic acids is 1. The van der Waals surface area contributed by atoms with E-state index in [1.165, 1.54) is 11.2 Å². The van der Waals surface area contributed by atoms with Gasteiger partial charge < -0.3 is 14.4 Å². The second-order valence-electron chi connectivity index (χ2n) is 5.94. The number of furan rings is 1. The summed E-state index contributed by atoms with van der Waals surface area (Å²) >= 11 is 0. The first-order chi connectivity index (χ1) is 9.38. The molecule has 2 heterocycles. The third-order valence-electron chi connectivity index (χ3n) is 4.06. The number of carbonyl (C=O) groups is 2. The summed E-state index contributed by atoms with van der Waals surface area (Å²) in [7, 11) is 0. The second-order valence-corrected chi connectivity index (χ2v) is 5.94. The van der Waals surface area contributed by atoms with Gasteiger partial charge in [0.15, 0.2) is 0 Å². The fourth-order valence-corrected chi connectivity index (χ4v) is 3.04. The van der Waals surface area contributed by atoms with E-state index in [1.807, 2.05) is 20.8 Å². The van der Waals surface area contributed by atoms with E-state index in [0.717, 1.165) is 12.8 Å². The molecule has 1 N–H and O–H groups in total. The van der Waals surface area contributed by atoms with Gasteiger partial charge in [-0.15, -0.1) is 0 Å². The van der Waals surface area contributed by atoms with E-state index in [1.54, 1.807) is 6.07 Å². The Hall–Kier alpha value is -1.78. The standard InChI is InChI=1S/C15H21NO4/c1-4-11-10(6-9-20-11)13(17)16-8-5-7-15(2,3)12(16)14(18)19/h6,9,12H,4-5,7-8H2,1-3H3,(H,18,19). The number of aryl methyl sites for hydroxylation is 1. The molecular weight excluding hydrogens is 258 g/mol. The molecule has 0 radical (unpaired) electrons. The number of carboxylic acid groups (broad SMARTS) is 1. The molecule has 0 aliphatic carbocycles. The number of hydrogen-bond acceptors (Lipinski definition) is 3. The van der Waals surface area contributed by atoms with Gasteiger partial charge in [0.1, 0.15) is 11.8 Å². The molecule has 1 fully saturated rings. The van der Waals surface area contributed by atoms with Crippen LogP contribution in [0.1, 0.15) is 49.7 Å². The number of hydrogen-bond donors (Lipinski definition) is 1. The van der Waals surface area contributed by atoms with Gasteiger partial charge in [-0.25, -0.2) is 4.79 Å². The highest BCUT2D eigenvalue weighted by Gasteiger charge is 2.45. The largest absolute Gasteiger partial charge is 0.480 e. The predicted molar refractivity (Wildman–Crippen MR) is 73.6 cm³/mol. The lowest BCUT2D eigenvalue weighted by atomic mass is 9.76. The summed E-state index contributed by atoms with van der Waals surface area (Å²) in [4.78, 5) is 25.7. The van der Waals surface area contributed by atoms with Crippen molar-refractivity contribution in [2.45, 2.75) is 46.1 Å². The van der Waals surface area contributed by atoms with Crippen LogP contribution in [0.3, 0.4) is 0 Å². The van der Waals surface area contributed by atoms with E-state index in [0.29, 0.717) is 24.3 Å². The van der Waals surface area contributed by atoms with E-state index in [4.69, 9.17) is 4.42 Å². The molecule has 0 spiro atoms. The van der Waals surface area contributed by atoms with Gasteiger partial charge in [-0.1, -0.05) is 20.8 Å². The Labute approximate surface area is 118 Å². The fraction of sp³-hybridized carbons (Fsp3) is 0.600. The second kappa shape index (κ2) is 5.31. The molecular formula is C15H21NO4. The smallest absolute Gasteiger partial charge is 0.326 e. The van der Waals surface area contributed by atoms with Crippen LogP contribution in [0.5, 0.6) is 0 Å². The molecule has 0 bridgehead atoms. The Kier molecular flexibility index (Phi) is 3.88. The Morgan fingerprint density at radius 1 is 1.50 bits per heavy atom. The van der Waals surface area contributed by atoms with Crippen molar-refractivity contribution in [2.75, 3.05) is 6.54 Å². The van der Waals surface area contributed by atoms with Crippen LogP contribution in [0.2, 0.25) is 0 Å². The molecule has 0 aromatic carbocycles. The number of likely N-dealkylation sites (tertiary alicyclic amines) is 1. The van der Waals surface area contributed by atoms with Crippen LogP contribution >= 0.6 is 0 Å². The van der Waals surface area contributed by atoms with Crippen molar-refractivity contribution in [1.82, 2.24) is 4.90 Å². The fourth-order valence-electron chi connectivity index (χ4n) is 3.04. The minimum Gasteiger partial charge on any atom is -0.480 e. The zero-order chi connectivity index (χ0) is 14.9. The van der Waals surface area contributed by atoms with Gasteiger partial charge in [-0.2, -0.15) is 0 Å². The summed E-state index contributed by atoms with van der Waals surface area (Å²) in [6, 6.07) is 0.838. The van der Waals surface area contributed by atoms with Crippen LogP contribution in [0.4, 0.5) is 0 Å². The average Bonchev–Trinajstić information content (AvgIpc) is 2.84. The molecule has 1 amide bonds. The van der Waals surface area contributed by atoms with Crippen LogP contribution in [0, 0.1) is 5.41 Å². The van der Waals surface area contributed by atoms with Gasteiger partial charge in [0.25, 0.3) is 5.91 Å². The summed E-state index contributed by atoms with van der Waals surface area (Å²) in [5, 5.41) is 9.50. The maximum Gasteiger partial charge on any atom is 0.326 e. The molecule has 1 atom stereocenters. The Morgan fingerprint density at radius 3 is 2.80 bits per heavy atom. The van der Waals surface area contributed by atoms with E-state index in [2.05, 4.69) is 0 Å². The summed E-state index contributed by atoms with van der Waals surface area (Å²) in [5.74, 6) is -0.567. The highest BCUT2D eigenvalue weighted by atomic mass is 16.4. The number of amides is 1. The maximum atomic E-state index is 12.6. The van der Waals surface area contributed by atoms with Gasteiger partial charge in [-0.05, 0) is 24.3 Å². The number of aliphatic carboxylic acids is 1. The van der Waals surface area contributed by atoms with Crippen molar-refractivity contribution in [3.63, 3.8) is 0 Å². The quantitative estimate of drug-likeness (QED) is 0.923. The zero-order valence-electron chi connectivity index (χ0n) is 12.2. The van der Waals surface area contributed by atoms with Gasteiger partial charge in [0, 0.05) is 13.0 Å². The molecule has 1 aromatic heterocycles. The highest BCUT2D eigenvalue weighted by molar-refractivity contribution is 5.97. The minimum absolute atomic E-state index is 0.240. The lowest BCUT2D eigenvalue weighted by Crippen LogP contribution is -2.56. The molecule has 1 aliphatic heterocycles. The van der Waals surface area contributed by atoms with Crippen molar-refractivity contribution >= 4 is 11.9 Å². The molecule has 1 aliphatic rings. The van der Waals surface area contributed by atoms with Gasteiger partial charge in [0.05, 0.1) is 11.8 Å². The third kappa shape index (κ3) is 2.44. The molecule has 1 unspecified atom stereocenters. The molecule has 20 heavy (non-hydrogen) atoms. The maximum absolute atomic E-state index is 12.6. The average molecular weight is 279 g/mol. The normalized spacial score (nSPS) is 21.8. The monoisotopic (exact) mass is 279 g/mol. The Balaban J connectivity index is 2.34. The van der Waals surface area contributed by atoms with Crippen LogP contribution in [0.25, 0.3) is 0 Å². The van der Waals surface area contributed by atoms with E-state index < -0.39 is 17.4 Å². The summed E-state index contributed by atoms with van der Waals surface area (Å²) in [6.07, 6.45) is 3.72. The molecule has 5 nitrogen and oxygen atoms in total. The minimum atomic E-state index is -0.940. The van der Waals surface area contributed by atoms with Crippen molar-refractivity contribution in [1.29, 1.82) is 0 Å². The van der Waals surface area contributed by atoms with Gasteiger partial charge in [-0.3, -0.25) is 4.79 Å². The number of piperidine rings is 1. The SMILES string of the molecule is CCc1occc1C(=O)N1CCCC(C)(C)C1C(=O)O. The number of carbonyl (C=O) groups excluding carboxylic acids is 1. The van der Waals surface area contributed by atoms with E-state index in [9.17, 15) is 14.7 Å². The van der Waals surface area contributed by atoms with Crippen molar-refractivity contribution in [3.8, 4) is 0 Å². The lowest BCUT2D eigenvalue weighted by molar-refractivity contribution is -0.148. The van der Waals surface area contributed by atoms with Crippen molar-refractivity contribution in [2.24, 2.45) is 5.41 Å². The summed E-state index contributed by atoms with van der Waals surface area (Å²) < 4.78 is 5.28. The van der Waals surface area contributed by atoms with Gasteiger partial charge in [0.2, 0.25) is 0 Å². The molecule has 5 heteroatoms. The zero-order valence-corrected chi connectivity index (χ0v) is 12.2. The van der Waals surface area contributed by atoms with Crippen molar-refractivity contribution < 1.29 is 19.1 Å². The number of nitrogens with zero attached hydrogens (tertiary/aromatic N) is 1. The van der Waals surface area contributed by atoms with Crippen LogP contribution in [-0.2, 0) is 11.2 Å². The summed E-state index contributed by atoms with van der Waals surface area (Å²) in [6.45, 7) is 6.20. The number of rotatable bonds is 3. The van der Waals surface area contributed by atoms with Crippen LogP contribution in [-0.4, -0.2) is 34.5 Å². The van der Waals surface area contributed by atoms with E-state index in [-0.39, 0.29) is 5.91 Å². The van der Waals surface area contributed by atoms with Gasteiger partial charge >= 0.3 is 5.97 Å². The van der Waals surface area contributed by atoms with Crippen molar-refractivity contribution in [3.05, 3.63) is 23.7 Å². The third-order valence-corrected chi connectivity index (χ3v) is 4.06.